The van der Waals surface area contributed by atoms with Gasteiger partial charge in [-0.2, -0.15) is 4.98 Å². The largest absolute Gasteiger partial charge is 0.508 e. The monoisotopic (exact) mass is 500 g/mol. The fraction of sp³-hybridized carbons (Fsp3) is 0.292. The van der Waals surface area contributed by atoms with Crippen LogP contribution in [0.4, 0.5) is 10.2 Å². The zero-order valence-corrected chi connectivity index (χ0v) is 20.0. The molecule has 0 radical (unpaired) electrons. The lowest BCUT2D eigenvalue weighted by atomic mass is 10.0. The van der Waals surface area contributed by atoms with Crippen molar-refractivity contribution in [2.45, 2.75) is 24.4 Å². The van der Waals surface area contributed by atoms with Crippen LogP contribution in [0.5, 0.6) is 5.75 Å². The molecule has 2 aromatic carbocycles. The molecule has 0 aliphatic carbocycles. The quantitative estimate of drug-likeness (QED) is 0.550. The Morgan fingerprint density at radius 1 is 1.32 bits per heavy atom. The SMILES string of the molecule is C=CC(=O)N1CCN(c2nc(=O)n3c4c(c(-c5cc(O)ccc5F)c(Cl)cc24)SCC3)[C@@H](C)C1. The first-order valence-corrected chi connectivity index (χ1v) is 12.2. The smallest absolute Gasteiger partial charge is 0.350 e. The third-order valence-corrected chi connectivity index (χ3v) is 7.69. The van der Waals surface area contributed by atoms with Crippen LogP contribution in [-0.2, 0) is 11.3 Å². The number of halogens is 2. The molecule has 0 unspecified atom stereocenters. The summed E-state index contributed by atoms with van der Waals surface area (Å²) < 4.78 is 16.4. The number of carbonyl (C=O) groups excluding carboxylic acids is 1. The molecule has 1 N–H and O–H groups in total. The van der Waals surface area contributed by atoms with Crippen molar-refractivity contribution in [1.29, 1.82) is 0 Å². The summed E-state index contributed by atoms with van der Waals surface area (Å²) in [6, 6.07) is 5.45. The second-order valence-corrected chi connectivity index (χ2v) is 9.88. The maximum atomic E-state index is 14.8. The van der Waals surface area contributed by atoms with Crippen molar-refractivity contribution < 1.29 is 14.3 Å². The summed E-state index contributed by atoms with van der Waals surface area (Å²) in [6.45, 7) is 7.45. The molecular weight excluding hydrogens is 479 g/mol. The first kappa shape index (κ1) is 22.7. The number of aromatic nitrogens is 2. The predicted molar refractivity (Wildman–Crippen MR) is 132 cm³/mol. The van der Waals surface area contributed by atoms with Gasteiger partial charge in [0.2, 0.25) is 5.91 Å². The van der Waals surface area contributed by atoms with E-state index in [1.54, 1.807) is 15.5 Å². The molecule has 2 aliphatic heterocycles. The maximum absolute atomic E-state index is 14.8. The van der Waals surface area contributed by atoms with Crippen LogP contribution in [0.1, 0.15) is 6.92 Å². The van der Waals surface area contributed by atoms with Gasteiger partial charge >= 0.3 is 5.69 Å². The Bertz CT molecular complexity index is 1410. The molecule has 0 saturated carbocycles. The first-order chi connectivity index (χ1) is 16.3. The molecule has 2 aliphatic rings. The normalized spacial score (nSPS) is 17.8. The molecule has 10 heteroatoms. The van der Waals surface area contributed by atoms with Gasteiger partial charge in [0, 0.05) is 59.4 Å². The number of piperazine rings is 1. The Kier molecular flexibility index (Phi) is 5.77. The number of phenols is 1. The highest BCUT2D eigenvalue weighted by atomic mass is 35.5. The van der Waals surface area contributed by atoms with Crippen LogP contribution < -0.4 is 10.6 Å². The molecule has 5 rings (SSSR count). The van der Waals surface area contributed by atoms with Gasteiger partial charge < -0.3 is 14.9 Å². The summed E-state index contributed by atoms with van der Waals surface area (Å²) in [5.74, 6) is 0.391. The molecule has 176 valence electrons. The van der Waals surface area contributed by atoms with Crippen molar-refractivity contribution in [2.24, 2.45) is 0 Å². The van der Waals surface area contributed by atoms with Gasteiger partial charge in [-0.25, -0.2) is 9.18 Å². The van der Waals surface area contributed by atoms with Gasteiger partial charge in [-0.3, -0.25) is 9.36 Å². The van der Waals surface area contributed by atoms with Crippen molar-refractivity contribution in [3.05, 3.63) is 58.2 Å². The van der Waals surface area contributed by atoms with Crippen LogP contribution >= 0.6 is 23.4 Å². The molecule has 7 nitrogen and oxygen atoms in total. The number of aromatic hydroxyl groups is 1. The second kappa shape index (κ2) is 8.63. The van der Waals surface area contributed by atoms with Gasteiger partial charge in [0.15, 0.2) is 0 Å². The highest BCUT2D eigenvalue weighted by Gasteiger charge is 2.31. The summed E-state index contributed by atoms with van der Waals surface area (Å²) >= 11 is 8.23. The van der Waals surface area contributed by atoms with Gasteiger partial charge in [0.05, 0.1) is 10.5 Å². The minimum atomic E-state index is -0.513. The van der Waals surface area contributed by atoms with E-state index < -0.39 is 5.82 Å². The zero-order valence-electron chi connectivity index (χ0n) is 18.4. The van der Waals surface area contributed by atoms with Crippen LogP contribution in [0.2, 0.25) is 5.02 Å². The van der Waals surface area contributed by atoms with E-state index in [2.05, 4.69) is 11.6 Å². The summed E-state index contributed by atoms with van der Waals surface area (Å²) in [4.78, 5) is 34.0. The Hall–Kier alpha value is -3.04. The summed E-state index contributed by atoms with van der Waals surface area (Å²) in [5.41, 5.74) is 0.904. The van der Waals surface area contributed by atoms with Crippen molar-refractivity contribution in [3.8, 4) is 16.9 Å². The van der Waals surface area contributed by atoms with Crippen LogP contribution in [0, 0.1) is 5.82 Å². The molecule has 1 aromatic heterocycles. The Labute approximate surface area is 204 Å². The minimum absolute atomic E-state index is 0.0749. The Morgan fingerprint density at radius 2 is 2.12 bits per heavy atom. The van der Waals surface area contributed by atoms with E-state index in [0.29, 0.717) is 64.1 Å². The molecular formula is C24H22ClFN4O3S. The minimum Gasteiger partial charge on any atom is -0.508 e. The summed E-state index contributed by atoms with van der Waals surface area (Å²) in [6.07, 6.45) is 1.30. The number of amides is 1. The highest BCUT2D eigenvalue weighted by Crippen LogP contribution is 2.46. The van der Waals surface area contributed by atoms with Gasteiger partial charge in [-0.15, -0.1) is 11.8 Å². The van der Waals surface area contributed by atoms with Gasteiger partial charge in [0.1, 0.15) is 17.4 Å². The fourth-order valence-corrected chi connectivity index (χ4v) is 6.29. The predicted octanol–water partition coefficient (Wildman–Crippen LogP) is 3.89. The van der Waals surface area contributed by atoms with Crippen LogP contribution in [0.25, 0.3) is 22.0 Å². The zero-order chi connectivity index (χ0) is 24.1. The van der Waals surface area contributed by atoms with Crippen molar-refractivity contribution in [2.75, 3.05) is 30.3 Å². The van der Waals surface area contributed by atoms with E-state index in [1.165, 1.54) is 36.0 Å². The van der Waals surface area contributed by atoms with Crippen molar-refractivity contribution >= 4 is 46.0 Å². The van der Waals surface area contributed by atoms with Gasteiger partial charge in [-0.05, 0) is 37.3 Å². The van der Waals surface area contributed by atoms with Crippen LogP contribution in [-0.4, -0.2) is 56.9 Å². The molecule has 1 atom stereocenters. The lowest BCUT2D eigenvalue weighted by molar-refractivity contribution is -0.126. The molecule has 3 aromatic rings. The fourth-order valence-electron chi connectivity index (χ4n) is 4.72. The van der Waals surface area contributed by atoms with E-state index >= 15 is 0 Å². The van der Waals surface area contributed by atoms with Gasteiger partial charge in [-0.1, -0.05) is 18.2 Å². The lowest BCUT2D eigenvalue weighted by Crippen LogP contribution is -2.54. The van der Waals surface area contributed by atoms with Gasteiger partial charge in [0.25, 0.3) is 0 Å². The van der Waals surface area contributed by atoms with Crippen LogP contribution in [0.3, 0.4) is 0 Å². The first-order valence-electron chi connectivity index (χ1n) is 10.9. The average molecular weight is 501 g/mol. The number of aryl methyl sites for hydroxylation is 1. The molecule has 0 bridgehead atoms. The molecule has 34 heavy (non-hydrogen) atoms. The number of nitrogens with zero attached hydrogens (tertiary/aromatic N) is 4. The maximum Gasteiger partial charge on any atom is 0.350 e. The third-order valence-electron chi connectivity index (χ3n) is 6.32. The standard InChI is InChI=1S/C24H22ClFN4O3S/c1-3-19(32)28-6-7-29(13(2)12-28)23-16-11-17(25)20(15-10-14(31)4-5-18(15)26)22-21(16)30(8-9-34-22)24(33)27-23/h3-5,10-11,13,31H,1,6-9,12H2,2H3/t13-/m0/s1. The van der Waals surface area contributed by atoms with E-state index in [0.717, 1.165) is 0 Å². The van der Waals surface area contributed by atoms with E-state index in [4.69, 9.17) is 11.6 Å². The average Bonchev–Trinajstić information content (AvgIpc) is 2.82. The molecule has 1 amide bonds. The van der Waals surface area contributed by atoms with Crippen LogP contribution in [0.15, 0.2) is 46.6 Å². The van der Waals surface area contributed by atoms with Crippen molar-refractivity contribution in [3.63, 3.8) is 0 Å². The van der Waals surface area contributed by atoms with E-state index in [1.807, 2.05) is 11.8 Å². The van der Waals surface area contributed by atoms with E-state index in [-0.39, 0.29) is 29.0 Å². The molecule has 1 saturated heterocycles. The number of phenolic OH excluding ortho intramolecular Hbond substituents is 1. The summed E-state index contributed by atoms with van der Waals surface area (Å²) in [5, 5.41) is 11.0. The number of hydrogen-bond acceptors (Lipinski definition) is 6. The Morgan fingerprint density at radius 3 is 2.85 bits per heavy atom. The molecule has 1 fully saturated rings. The lowest BCUT2D eigenvalue weighted by Gasteiger charge is -2.40. The number of benzene rings is 2. The number of anilines is 1. The molecule has 0 spiro atoms. The summed E-state index contributed by atoms with van der Waals surface area (Å²) in [7, 11) is 0. The van der Waals surface area contributed by atoms with E-state index in [9.17, 15) is 19.1 Å². The topological polar surface area (TPSA) is 78.7 Å². The van der Waals surface area contributed by atoms with Crippen molar-refractivity contribution in [1.82, 2.24) is 14.5 Å². The Balaban J connectivity index is 1.72. The molecule has 3 heterocycles. The number of carbonyl (C=O) groups is 1. The number of hydrogen-bond donors (Lipinski definition) is 1. The third kappa shape index (κ3) is 3.63. The highest BCUT2D eigenvalue weighted by molar-refractivity contribution is 7.99. The number of rotatable bonds is 3. The number of thioether (sulfide) groups is 1. The second-order valence-electron chi connectivity index (χ2n) is 8.37.